The van der Waals surface area contributed by atoms with Crippen molar-refractivity contribution in [2.75, 3.05) is 0 Å². The minimum Gasteiger partial charge on any atom is -0.508 e. The molecule has 0 fully saturated rings. The van der Waals surface area contributed by atoms with Crippen molar-refractivity contribution in [2.24, 2.45) is 0 Å². The van der Waals surface area contributed by atoms with Gasteiger partial charge in [-0.25, -0.2) is 4.79 Å². The Hall–Kier alpha value is -2.33. The summed E-state index contributed by atoms with van der Waals surface area (Å²) < 4.78 is 5.13. The Kier molecular flexibility index (Phi) is 4.38. The monoisotopic (exact) mass is 272 g/mol. The molecule has 4 heteroatoms. The van der Waals surface area contributed by atoms with Crippen LogP contribution in [0.3, 0.4) is 0 Å². The van der Waals surface area contributed by atoms with Crippen LogP contribution in [-0.4, -0.2) is 22.3 Å². The van der Waals surface area contributed by atoms with E-state index in [9.17, 15) is 15.0 Å². The Bertz CT molecular complexity index is 591. The Morgan fingerprint density at radius 1 is 1.20 bits per heavy atom. The maximum atomic E-state index is 11.5. The van der Waals surface area contributed by atoms with Crippen LogP contribution in [-0.2, 0) is 11.2 Å². The zero-order valence-corrected chi connectivity index (χ0v) is 11.1. The van der Waals surface area contributed by atoms with Crippen LogP contribution in [0.25, 0.3) is 0 Å². The van der Waals surface area contributed by atoms with Crippen LogP contribution in [0.2, 0.25) is 0 Å². The standard InChI is InChI=1S/C16H16O4/c1-11(17)16(19)20-15-8-7-14(18)10-13(15)9-12-5-3-2-4-6-12/h2-8,10-11,17-18H,9H2,1H3. The number of aliphatic hydroxyl groups excluding tert-OH is 1. The quantitative estimate of drug-likeness (QED) is 0.662. The molecule has 0 bridgehead atoms. The van der Waals surface area contributed by atoms with Crippen LogP contribution in [0.1, 0.15) is 18.1 Å². The third-order valence-corrected chi connectivity index (χ3v) is 2.83. The Morgan fingerprint density at radius 2 is 1.90 bits per heavy atom. The number of rotatable bonds is 4. The highest BCUT2D eigenvalue weighted by atomic mass is 16.5. The van der Waals surface area contributed by atoms with E-state index in [1.165, 1.54) is 19.1 Å². The minimum absolute atomic E-state index is 0.104. The smallest absolute Gasteiger partial charge is 0.340 e. The van der Waals surface area contributed by atoms with Crippen molar-refractivity contribution < 1.29 is 19.7 Å². The SMILES string of the molecule is CC(O)C(=O)Oc1ccc(O)cc1Cc1ccccc1. The number of phenolic OH excluding ortho intramolecular Hbond substituents is 1. The summed E-state index contributed by atoms with van der Waals surface area (Å²) in [5.41, 5.74) is 1.72. The first-order valence-electron chi connectivity index (χ1n) is 6.32. The number of carbonyl (C=O) groups is 1. The molecule has 0 aromatic heterocycles. The number of aromatic hydroxyl groups is 1. The fraction of sp³-hybridized carbons (Fsp3) is 0.188. The second-order valence-electron chi connectivity index (χ2n) is 4.55. The summed E-state index contributed by atoms with van der Waals surface area (Å²) in [6, 6.07) is 14.2. The molecule has 20 heavy (non-hydrogen) atoms. The van der Waals surface area contributed by atoms with Crippen molar-refractivity contribution in [3.8, 4) is 11.5 Å². The summed E-state index contributed by atoms with van der Waals surface area (Å²) in [5, 5.41) is 18.8. The molecule has 1 atom stereocenters. The highest BCUT2D eigenvalue weighted by Gasteiger charge is 2.14. The van der Waals surface area contributed by atoms with Crippen LogP contribution < -0.4 is 4.74 Å². The van der Waals surface area contributed by atoms with Gasteiger partial charge >= 0.3 is 5.97 Å². The molecule has 2 rings (SSSR count). The first kappa shape index (κ1) is 14.1. The van der Waals surface area contributed by atoms with E-state index >= 15 is 0 Å². The molecule has 0 spiro atoms. The molecule has 0 saturated heterocycles. The van der Waals surface area contributed by atoms with Gasteiger partial charge in [0.15, 0.2) is 0 Å². The largest absolute Gasteiger partial charge is 0.508 e. The molecule has 1 unspecified atom stereocenters. The lowest BCUT2D eigenvalue weighted by atomic mass is 10.0. The maximum absolute atomic E-state index is 11.5. The fourth-order valence-corrected chi connectivity index (χ4v) is 1.81. The van der Waals surface area contributed by atoms with E-state index in [1.54, 1.807) is 6.07 Å². The summed E-state index contributed by atoms with van der Waals surface area (Å²) in [7, 11) is 0. The molecule has 0 heterocycles. The van der Waals surface area contributed by atoms with E-state index in [-0.39, 0.29) is 5.75 Å². The summed E-state index contributed by atoms with van der Waals surface area (Å²) in [6.07, 6.45) is -0.661. The van der Waals surface area contributed by atoms with Gasteiger partial charge in [0.25, 0.3) is 0 Å². The first-order chi connectivity index (χ1) is 9.56. The lowest BCUT2D eigenvalue weighted by Gasteiger charge is -2.12. The van der Waals surface area contributed by atoms with Crippen molar-refractivity contribution in [3.63, 3.8) is 0 Å². The van der Waals surface area contributed by atoms with Gasteiger partial charge in [-0.2, -0.15) is 0 Å². The van der Waals surface area contributed by atoms with Crippen LogP contribution >= 0.6 is 0 Å². The first-order valence-corrected chi connectivity index (χ1v) is 6.32. The van der Waals surface area contributed by atoms with Crippen LogP contribution in [0.4, 0.5) is 0 Å². The molecule has 2 aromatic rings. The summed E-state index contributed by atoms with van der Waals surface area (Å²) >= 11 is 0. The summed E-state index contributed by atoms with van der Waals surface area (Å²) in [4.78, 5) is 11.5. The van der Waals surface area contributed by atoms with Crippen LogP contribution in [0.5, 0.6) is 11.5 Å². The molecule has 0 aliphatic heterocycles. The average molecular weight is 272 g/mol. The predicted octanol–water partition coefficient (Wildman–Crippen LogP) is 2.27. The highest BCUT2D eigenvalue weighted by molar-refractivity contribution is 5.76. The molecule has 0 aliphatic carbocycles. The maximum Gasteiger partial charge on any atom is 0.340 e. The van der Waals surface area contributed by atoms with Gasteiger partial charge < -0.3 is 14.9 Å². The number of esters is 1. The molecular formula is C16H16O4. The minimum atomic E-state index is -1.19. The molecule has 104 valence electrons. The molecule has 0 aliphatic rings. The van der Waals surface area contributed by atoms with Crippen LogP contribution in [0, 0.1) is 0 Å². The van der Waals surface area contributed by atoms with E-state index in [2.05, 4.69) is 0 Å². The number of aliphatic hydroxyl groups is 1. The number of ether oxygens (including phenoxy) is 1. The Morgan fingerprint density at radius 3 is 2.55 bits per heavy atom. The Labute approximate surface area is 117 Å². The molecule has 4 nitrogen and oxygen atoms in total. The fourth-order valence-electron chi connectivity index (χ4n) is 1.81. The summed E-state index contributed by atoms with van der Waals surface area (Å²) in [6.45, 7) is 1.35. The van der Waals surface area contributed by atoms with Gasteiger partial charge in [-0.1, -0.05) is 30.3 Å². The van der Waals surface area contributed by atoms with Crippen molar-refractivity contribution in [3.05, 3.63) is 59.7 Å². The van der Waals surface area contributed by atoms with Crippen LogP contribution in [0.15, 0.2) is 48.5 Å². The molecule has 0 radical (unpaired) electrons. The van der Waals surface area contributed by atoms with Gasteiger partial charge in [0.2, 0.25) is 0 Å². The average Bonchev–Trinajstić information content (AvgIpc) is 2.42. The lowest BCUT2D eigenvalue weighted by Crippen LogP contribution is -2.22. The number of phenols is 1. The van der Waals surface area contributed by atoms with Gasteiger partial charge in [-0.15, -0.1) is 0 Å². The summed E-state index contributed by atoms with van der Waals surface area (Å²) in [5.74, 6) is -0.268. The zero-order valence-electron chi connectivity index (χ0n) is 11.1. The van der Waals surface area contributed by atoms with Crippen molar-refractivity contribution in [1.82, 2.24) is 0 Å². The molecule has 0 amide bonds. The number of benzene rings is 2. The molecule has 2 aromatic carbocycles. The van der Waals surface area contributed by atoms with E-state index in [0.29, 0.717) is 17.7 Å². The van der Waals surface area contributed by atoms with Gasteiger partial charge in [0, 0.05) is 12.0 Å². The van der Waals surface area contributed by atoms with E-state index in [4.69, 9.17) is 4.74 Å². The van der Waals surface area contributed by atoms with E-state index in [0.717, 1.165) is 5.56 Å². The van der Waals surface area contributed by atoms with Gasteiger partial charge in [0.05, 0.1) is 0 Å². The van der Waals surface area contributed by atoms with Gasteiger partial charge in [-0.3, -0.25) is 0 Å². The zero-order chi connectivity index (χ0) is 14.5. The predicted molar refractivity (Wildman–Crippen MR) is 74.7 cm³/mol. The topological polar surface area (TPSA) is 66.8 Å². The number of hydrogen-bond donors (Lipinski definition) is 2. The molecular weight excluding hydrogens is 256 g/mol. The number of hydrogen-bond acceptors (Lipinski definition) is 4. The molecule has 0 saturated carbocycles. The lowest BCUT2D eigenvalue weighted by molar-refractivity contribution is -0.142. The van der Waals surface area contributed by atoms with Crippen molar-refractivity contribution >= 4 is 5.97 Å². The van der Waals surface area contributed by atoms with Gasteiger partial charge in [0.1, 0.15) is 17.6 Å². The third-order valence-electron chi connectivity index (χ3n) is 2.83. The van der Waals surface area contributed by atoms with Gasteiger partial charge in [-0.05, 0) is 30.7 Å². The number of carbonyl (C=O) groups excluding carboxylic acids is 1. The van der Waals surface area contributed by atoms with Crippen molar-refractivity contribution in [1.29, 1.82) is 0 Å². The van der Waals surface area contributed by atoms with E-state index in [1.807, 2.05) is 30.3 Å². The second kappa shape index (κ2) is 6.21. The third kappa shape index (κ3) is 3.59. The van der Waals surface area contributed by atoms with Crippen molar-refractivity contribution in [2.45, 2.75) is 19.4 Å². The normalized spacial score (nSPS) is 11.9. The molecule has 2 N–H and O–H groups in total. The second-order valence-corrected chi connectivity index (χ2v) is 4.55. The Balaban J connectivity index is 2.26. The highest BCUT2D eigenvalue weighted by Crippen LogP contribution is 2.26. The van der Waals surface area contributed by atoms with E-state index < -0.39 is 12.1 Å².